The van der Waals surface area contributed by atoms with Crippen LogP contribution in [0, 0.1) is 11.8 Å². The lowest BCUT2D eigenvalue weighted by Crippen LogP contribution is -2.40. The minimum Gasteiger partial charge on any atom is -0.497 e. The van der Waals surface area contributed by atoms with E-state index >= 15 is 0 Å². The molecular formula is C45H46N3O10PS. The van der Waals surface area contributed by atoms with Gasteiger partial charge in [-0.25, -0.2) is 22.4 Å². The normalized spacial score (nSPS) is 22.9. The van der Waals surface area contributed by atoms with Crippen molar-refractivity contribution in [2.75, 3.05) is 33.1 Å². The van der Waals surface area contributed by atoms with Crippen molar-refractivity contribution in [3.05, 3.63) is 158 Å². The Kier molecular flexibility index (Phi) is 12.4. The minimum absolute atomic E-state index is 0.0619. The van der Waals surface area contributed by atoms with Crippen LogP contribution in [0.25, 0.3) is 0 Å². The zero-order valence-electron chi connectivity index (χ0n) is 33.4. The van der Waals surface area contributed by atoms with Gasteiger partial charge in [0.15, 0.2) is 9.84 Å². The molecule has 0 spiro atoms. The molecule has 0 aliphatic carbocycles. The molecule has 0 bridgehead atoms. The molecule has 3 fully saturated rings. The van der Waals surface area contributed by atoms with Crippen LogP contribution >= 0.6 is 8.53 Å². The molecule has 0 radical (unpaired) electrons. The second-order valence-corrected chi connectivity index (χ2v) is 18.2. The highest BCUT2D eigenvalue weighted by Crippen LogP contribution is 2.58. The maximum Gasteiger partial charge on any atom is 0.330 e. The van der Waals surface area contributed by atoms with E-state index in [0.29, 0.717) is 18.0 Å². The van der Waals surface area contributed by atoms with Gasteiger partial charge in [0.1, 0.15) is 35.0 Å². The minimum atomic E-state index is -3.66. The number of nitrogens with one attached hydrogen (secondary N) is 1. The summed E-state index contributed by atoms with van der Waals surface area (Å²) in [7, 11) is -2.22. The van der Waals surface area contributed by atoms with Crippen LogP contribution in [0.15, 0.2) is 130 Å². The van der Waals surface area contributed by atoms with Crippen LogP contribution in [0.1, 0.15) is 54.7 Å². The van der Waals surface area contributed by atoms with Gasteiger partial charge in [-0.2, -0.15) is 0 Å². The second kappa shape index (κ2) is 17.9. The summed E-state index contributed by atoms with van der Waals surface area (Å²) < 4.78 is 68.6. The van der Waals surface area contributed by atoms with Crippen molar-refractivity contribution in [2.24, 2.45) is 0 Å². The third-order valence-corrected chi connectivity index (χ3v) is 14.8. The number of benzene rings is 4. The number of hydrogen-bond acceptors (Lipinski definition) is 11. The zero-order chi connectivity index (χ0) is 41.9. The van der Waals surface area contributed by atoms with E-state index in [-0.39, 0.29) is 35.3 Å². The fraction of sp³-hybridized carbons (Fsp3) is 0.333. The lowest BCUT2D eigenvalue weighted by atomic mass is 9.80. The zero-order valence-corrected chi connectivity index (χ0v) is 35.1. The number of aromatic nitrogens is 2. The fourth-order valence-corrected chi connectivity index (χ4v) is 11.9. The SMILES string of the molecule is CC#Cc1c[nH]c(=O)n([C@H]2C[C@H](O[P@@]3O[C@H](CS(=O)(=O)c4ccccc4)[C@@H]4CCCN43)[C@@H](COC(c3ccccc3)(c3ccc(OC)cc3)c3ccc(OC)cc3)O2)c1=O. The molecule has 0 amide bonds. The molecule has 6 atom stereocenters. The predicted molar refractivity (Wildman–Crippen MR) is 226 cm³/mol. The van der Waals surface area contributed by atoms with Crippen LogP contribution in [-0.2, 0) is 34.0 Å². The number of hydrogen-bond donors (Lipinski definition) is 1. The van der Waals surface area contributed by atoms with Crippen molar-refractivity contribution in [3.63, 3.8) is 0 Å². The first-order valence-corrected chi connectivity index (χ1v) is 22.5. The molecule has 1 aromatic heterocycles. The van der Waals surface area contributed by atoms with E-state index in [1.165, 1.54) is 6.20 Å². The van der Waals surface area contributed by atoms with E-state index in [2.05, 4.69) is 21.5 Å². The molecule has 3 saturated heterocycles. The average Bonchev–Trinajstić information content (AvgIpc) is 4.00. The summed E-state index contributed by atoms with van der Waals surface area (Å²) in [6.07, 6.45) is -0.251. The van der Waals surface area contributed by atoms with E-state index in [9.17, 15) is 18.0 Å². The second-order valence-electron chi connectivity index (χ2n) is 14.7. The molecule has 3 aliphatic rings. The lowest BCUT2D eigenvalue weighted by molar-refractivity contribution is -0.0925. The first-order valence-electron chi connectivity index (χ1n) is 19.7. The first-order chi connectivity index (χ1) is 29.1. The van der Waals surface area contributed by atoms with Crippen molar-refractivity contribution >= 4 is 18.4 Å². The quantitative estimate of drug-likeness (QED) is 0.0778. The molecule has 1 N–H and O–H groups in total. The molecule has 13 nitrogen and oxygen atoms in total. The molecule has 312 valence electrons. The highest BCUT2D eigenvalue weighted by molar-refractivity contribution is 7.91. The highest BCUT2D eigenvalue weighted by atomic mass is 32.2. The Labute approximate surface area is 350 Å². The van der Waals surface area contributed by atoms with E-state index in [1.54, 1.807) is 51.5 Å². The van der Waals surface area contributed by atoms with Gasteiger partial charge >= 0.3 is 5.69 Å². The summed E-state index contributed by atoms with van der Waals surface area (Å²) >= 11 is 0. The Morgan fingerprint density at radius 3 is 2.08 bits per heavy atom. The van der Waals surface area contributed by atoms with Crippen LogP contribution in [0.4, 0.5) is 0 Å². The number of fused-ring (bicyclic) bond motifs is 1. The Bertz CT molecular complexity index is 2510. The molecule has 0 unspecified atom stereocenters. The van der Waals surface area contributed by atoms with Crippen molar-refractivity contribution in [2.45, 2.75) is 67.3 Å². The van der Waals surface area contributed by atoms with Crippen LogP contribution in [-0.4, -0.2) is 80.1 Å². The fourth-order valence-electron chi connectivity index (χ4n) is 8.26. The molecule has 8 rings (SSSR count). The predicted octanol–water partition coefficient (Wildman–Crippen LogP) is 6.17. The molecule has 5 aromatic rings. The number of methoxy groups -OCH3 is 2. The average molecular weight is 852 g/mol. The molecule has 3 aliphatic heterocycles. The molecule has 15 heteroatoms. The van der Waals surface area contributed by atoms with Crippen molar-refractivity contribution in [3.8, 4) is 23.3 Å². The monoisotopic (exact) mass is 851 g/mol. The van der Waals surface area contributed by atoms with Gasteiger partial charge in [0, 0.05) is 25.2 Å². The third kappa shape index (κ3) is 8.19. The lowest BCUT2D eigenvalue weighted by Gasteiger charge is -2.37. The van der Waals surface area contributed by atoms with Crippen molar-refractivity contribution in [1.29, 1.82) is 0 Å². The maximum absolute atomic E-state index is 13.7. The number of nitrogens with zero attached hydrogens (tertiary/aromatic N) is 2. The topological polar surface area (TPSA) is 148 Å². The number of ether oxygens (including phenoxy) is 4. The van der Waals surface area contributed by atoms with Crippen molar-refractivity contribution < 1.29 is 36.4 Å². The van der Waals surface area contributed by atoms with Crippen LogP contribution in [0.3, 0.4) is 0 Å². The molecular weight excluding hydrogens is 806 g/mol. The number of sulfone groups is 1. The molecule has 60 heavy (non-hydrogen) atoms. The number of aromatic amines is 1. The number of H-pyrrole nitrogens is 1. The molecule has 0 saturated carbocycles. The van der Waals surface area contributed by atoms with Gasteiger partial charge in [-0.05, 0) is 72.9 Å². The van der Waals surface area contributed by atoms with Gasteiger partial charge in [-0.1, -0.05) is 78.7 Å². The van der Waals surface area contributed by atoms with Gasteiger partial charge in [0.05, 0.1) is 43.7 Å². The Hall–Kier alpha value is -5.10. The summed E-state index contributed by atoms with van der Waals surface area (Å²) in [6.45, 7) is 2.21. The summed E-state index contributed by atoms with van der Waals surface area (Å²) in [5.41, 5.74) is 0.0932. The Balaban J connectivity index is 1.16. The molecule has 4 heterocycles. The smallest absolute Gasteiger partial charge is 0.330 e. The van der Waals surface area contributed by atoms with Gasteiger partial charge in [-0.3, -0.25) is 4.79 Å². The van der Waals surface area contributed by atoms with Crippen LogP contribution in [0.2, 0.25) is 0 Å². The Morgan fingerprint density at radius 1 is 0.850 bits per heavy atom. The largest absolute Gasteiger partial charge is 0.497 e. The van der Waals surface area contributed by atoms with Gasteiger partial charge < -0.3 is 33.0 Å². The summed E-state index contributed by atoms with van der Waals surface area (Å²) in [5.74, 6) is 6.64. The van der Waals surface area contributed by atoms with E-state index in [1.807, 2.05) is 78.9 Å². The summed E-state index contributed by atoms with van der Waals surface area (Å²) in [4.78, 5) is 30.0. The van der Waals surface area contributed by atoms with E-state index in [0.717, 1.165) is 34.1 Å². The summed E-state index contributed by atoms with van der Waals surface area (Å²) in [5, 5.41) is 0. The van der Waals surface area contributed by atoms with Crippen molar-refractivity contribution in [1.82, 2.24) is 14.2 Å². The Morgan fingerprint density at radius 2 is 1.47 bits per heavy atom. The van der Waals surface area contributed by atoms with Crippen LogP contribution in [0.5, 0.6) is 11.5 Å². The van der Waals surface area contributed by atoms with Gasteiger partial charge in [0.25, 0.3) is 14.1 Å². The van der Waals surface area contributed by atoms with Crippen LogP contribution < -0.4 is 20.7 Å². The standard InChI is InChI=1S/C45H46N3O10PS/c1-4-12-31-28-46-44(50)48(43(31)49)42-27-39(57-59-47-26-11-17-38(47)41(58-59)30-60(51,52)37-15-9-6-10-16-37)40(56-42)29-55-45(32-13-7-5-8-14-32,33-18-22-35(53-2)23-19-33)34-20-24-36(54-3)25-21-34/h5-10,13-16,18-25,28,38-42H,11,17,26-27,29-30H2,1-3H3,(H,46,50)/t38-,39-,40+,41+,42+,59-/m0/s1. The molecule has 4 aromatic carbocycles. The number of rotatable bonds is 14. The maximum atomic E-state index is 13.7. The summed E-state index contributed by atoms with van der Waals surface area (Å²) in [6, 6.07) is 33.3. The van der Waals surface area contributed by atoms with E-state index in [4.69, 9.17) is 28.0 Å². The third-order valence-electron chi connectivity index (χ3n) is 11.2. The van der Waals surface area contributed by atoms with Gasteiger partial charge in [0.2, 0.25) is 0 Å². The highest BCUT2D eigenvalue weighted by Gasteiger charge is 2.51. The van der Waals surface area contributed by atoms with Gasteiger partial charge in [-0.15, -0.1) is 5.92 Å². The van der Waals surface area contributed by atoms with E-state index < -0.39 is 59.8 Å². The first kappa shape index (κ1) is 41.6.